The van der Waals surface area contributed by atoms with Crippen molar-refractivity contribution in [2.75, 3.05) is 37.8 Å². The molecule has 0 spiro atoms. The Labute approximate surface area is 190 Å². The second kappa shape index (κ2) is 10.5. The molecule has 1 saturated heterocycles. The van der Waals surface area contributed by atoms with E-state index in [0.717, 1.165) is 27.9 Å². The molecule has 0 aromatic heterocycles. The van der Waals surface area contributed by atoms with Crippen LogP contribution in [-0.4, -0.2) is 51.6 Å². The molecular weight excluding hydrogens is 430 g/mol. The van der Waals surface area contributed by atoms with Gasteiger partial charge in [0, 0.05) is 37.3 Å². The number of sulfonamides is 1. The first kappa shape index (κ1) is 23.6. The molecule has 1 fully saturated rings. The standard InChI is InChI=1S/C23H31N3O3S2/c1-18-5-4-14-26(16-18)20-8-6-19(7-9-20)15-24-23(27)17-25(2)31(28,29)22-12-10-21(30-3)11-13-22/h6-13,18H,4-5,14-17H2,1-3H3,(H,24,27)/t18-/m0/s1. The van der Waals surface area contributed by atoms with Gasteiger partial charge in [0.2, 0.25) is 15.9 Å². The van der Waals surface area contributed by atoms with Crippen LogP contribution >= 0.6 is 11.8 Å². The molecule has 0 aliphatic carbocycles. The summed E-state index contributed by atoms with van der Waals surface area (Å²) in [5.74, 6) is 0.380. The van der Waals surface area contributed by atoms with Crippen LogP contribution in [0.4, 0.5) is 5.69 Å². The molecule has 31 heavy (non-hydrogen) atoms. The fraction of sp³-hybridized carbons (Fsp3) is 0.435. The predicted molar refractivity (Wildman–Crippen MR) is 127 cm³/mol. The van der Waals surface area contributed by atoms with Crippen LogP contribution in [0.5, 0.6) is 0 Å². The summed E-state index contributed by atoms with van der Waals surface area (Å²) in [7, 11) is -2.28. The molecule has 6 nitrogen and oxygen atoms in total. The Balaban J connectivity index is 1.52. The van der Waals surface area contributed by atoms with Gasteiger partial charge in [-0.15, -0.1) is 11.8 Å². The van der Waals surface area contributed by atoms with Crippen molar-refractivity contribution in [3.8, 4) is 0 Å². The van der Waals surface area contributed by atoms with Crippen molar-refractivity contribution in [3.63, 3.8) is 0 Å². The third kappa shape index (κ3) is 6.24. The maximum Gasteiger partial charge on any atom is 0.243 e. The van der Waals surface area contributed by atoms with E-state index in [-0.39, 0.29) is 17.3 Å². The van der Waals surface area contributed by atoms with Gasteiger partial charge in [-0.1, -0.05) is 19.1 Å². The Morgan fingerprint density at radius 1 is 1.16 bits per heavy atom. The van der Waals surface area contributed by atoms with Crippen LogP contribution in [0, 0.1) is 5.92 Å². The Morgan fingerprint density at radius 2 is 1.84 bits per heavy atom. The number of carbonyl (C=O) groups excluding carboxylic acids is 1. The molecule has 2 aromatic rings. The van der Waals surface area contributed by atoms with Gasteiger partial charge >= 0.3 is 0 Å². The third-order valence-electron chi connectivity index (χ3n) is 5.58. The highest BCUT2D eigenvalue weighted by Gasteiger charge is 2.23. The van der Waals surface area contributed by atoms with Gasteiger partial charge in [0.1, 0.15) is 0 Å². The Bertz CT molecular complexity index is 976. The number of thioether (sulfide) groups is 1. The van der Waals surface area contributed by atoms with E-state index in [1.807, 2.05) is 18.4 Å². The topological polar surface area (TPSA) is 69.7 Å². The summed E-state index contributed by atoms with van der Waals surface area (Å²) in [6, 6.07) is 14.9. The molecule has 1 aliphatic rings. The normalized spacial score (nSPS) is 17.0. The molecule has 1 heterocycles. The molecule has 2 aromatic carbocycles. The fourth-order valence-electron chi connectivity index (χ4n) is 3.72. The van der Waals surface area contributed by atoms with Crippen LogP contribution in [0.1, 0.15) is 25.3 Å². The maximum atomic E-state index is 12.7. The minimum Gasteiger partial charge on any atom is -0.371 e. The second-order valence-electron chi connectivity index (χ2n) is 8.07. The van der Waals surface area contributed by atoms with Gasteiger partial charge in [-0.25, -0.2) is 8.42 Å². The lowest BCUT2D eigenvalue weighted by atomic mass is 9.99. The number of benzene rings is 2. The largest absolute Gasteiger partial charge is 0.371 e. The van der Waals surface area contributed by atoms with Crippen LogP contribution in [0.25, 0.3) is 0 Å². The number of anilines is 1. The van der Waals surface area contributed by atoms with Crippen molar-refractivity contribution in [3.05, 3.63) is 54.1 Å². The third-order valence-corrected chi connectivity index (χ3v) is 8.14. The highest BCUT2D eigenvalue weighted by atomic mass is 32.2. The van der Waals surface area contributed by atoms with Crippen LogP contribution in [-0.2, 0) is 21.4 Å². The van der Waals surface area contributed by atoms with Gasteiger partial charge < -0.3 is 10.2 Å². The lowest BCUT2D eigenvalue weighted by molar-refractivity contribution is -0.121. The van der Waals surface area contributed by atoms with Crippen LogP contribution in [0.15, 0.2) is 58.3 Å². The zero-order chi connectivity index (χ0) is 22.4. The second-order valence-corrected chi connectivity index (χ2v) is 11.0. The van der Waals surface area contributed by atoms with E-state index in [0.29, 0.717) is 12.5 Å². The van der Waals surface area contributed by atoms with Crippen molar-refractivity contribution in [2.45, 2.75) is 36.1 Å². The van der Waals surface area contributed by atoms with E-state index in [4.69, 9.17) is 0 Å². The van der Waals surface area contributed by atoms with Crippen molar-refractivity contribution < 1.29 is 13.2 Å². The first-order valence-corrected chi connectivity index (χ1v) is 13.2. The predicted octanol–water partition coefficient (Wildman–Crippen LogP) is 3.58. The van der Waals surface area contributed by atoms with Gasteiger partial charge in [-0.3, -0.25) is 4.79 Å². The minimum absolute atomic E-state index is 0.184. The van der Waals surface area contributed by atoms with Gasteiger partial charge in [-0.05, 0) is 67.0 Å². The van der Waals surface area contributed by atoms with Crippen LogP contribution in [0.2, 0.25) is 0 Å². The minimum atomic E-state index is -3.71. The highest BCUT2D eigenvalue weighted by Crippen LogP contribution is 2.23. The summed E-state index contributed by atoms with van der Waals surface area (Å²) in [5.41, 5.74) is 2.19. The molecule has 1 aliphatic heterocycles. The molecule has 3 rings (SSSR count). The molecule has 1 N–H and O–H groups in total. The summed E-state index contributed by atoms with van der Waals surface area (Å²) in [4.78, 5) is 15.9. The number of rotatable bonds is 8. The number of hydrogen-bond acceptors (Lipinski definition) is 5. The molecule has 1 amide bonds. The number of nitrogens with zero attached hydrogens (tertiary/aromatic N) is 2. The molecule has 0 bridgehead atoms. The highest BCUT2D eigenvalue weighted by molar-refractivity contribution is 7.98. The van der Waals surface area contributed by atoms with E-state index in [2.05, 4.69) is 29.3 Å². The van der Waals surface area contributed by atoms with Gasteiger partial charge in [0.05, 0.1) is 11.4 Å². The molecule has 0 unspecified atom stereocenters. The summed E-state index contributed by atoms with van der Waals surface area (Å²) < 4.78 is 26.5. The number of amides is 1. The van der Waals surface area contributed by atoms with Crippen LogP contribution in [0.3, 0.4) is 0 Å². The SMILES string of the molecule is CSc1ccc(S(=O)(=O)N(C)CC(=O)NCc2ccc(N3CCC[C@H](C)C3)cc2)cc1. The number of likely N-dealkylation sites (N-methyl/N-ethyl adjacent to an activating group) is 1. The number of piperidine rings is 1. The lowest BCUT2D eigenvalue weighted by Gasteiger charge is -2.32. The number of hydrogen-bond donors (Lipinski definition) is 1. The number of nitrogens with one attached hydrogen (secondary N) is 1. The molecule has 168 valence electrons. The monoisotopic (exact) mass is 461 g/mol. The number of carbonyl (C=O) groups is 1. The summed E-state index contributed by atoms with van der Waals surface area (Å²) >= 11 is 1.55. The van der Waals surface area contributed by atoms with E-state index in [1.165, 1.54) is 25.6 Å². The molecule has 1 atom stereocenters. The Morgan fingerprint density at radius 3 is 2.45 bits per heavy atom. The smallest absolute Gasteiger partial charge is 0.243 e. The average molecular weight is 462 g/mol. The quantitative estimate of drug-likeness (QED) is 0.609. The zero-order valence-electron chi connectivity index (χ0n) is 18.4. The van der Waals surface area contributed by atoms with Gasteiger partial charge in [0.15, 0.2) is 0 Å². The molecule has 8 heteroatoms. The van der Waals surface area contributed by atoms with Crippen molar-refractivity contribution in [1.82, 2.24) is 9.62 Å². The zero-order valence-corrected chi connectivity index (χ0v) is 20.0. The Hall–Kier alpha value is -2.03. The molecule has 0 saturated carbocycles. The fourth-order valence-corrected chi connectivity index (χ4v) is 5.26. The van der Waals surface area contributed by atoms with E-state index in [1.54, 1.807) is 36.0 Å². The summed E-state index contributed by atoms with van der Waals surface area (Å²) in [6.07, 6.45) is 4.44. The van der Waals surface area contributed by atoms with Crippen molar-refractivity contribution in [2.24, 2.45) is 5.92 Å². The first-order valence-electron chi connectivity index (χ1n) is 10.5. The van der Waals surface area contributed by atoms with E-state index < -0.39 is 10.0 Å². The lowest BCUT2D eigenvalue weighted by Crippen LogP contribution is -2.38. The van der Waals surface area contributed by atoms with Crippen LogP contribution < -0.4 is 10.2 Å². The van der Waals surface area contributed by atoms with E-state index >= 15 is 0 Å². The summed E-state index contributed by atoms with van der Waals surface area (Å²) in [6.45, 7) is 4.59. The Kier molecular flexibility index (Phi) is 8.02. The van der Waals surface area contributed by atoms with Gasteiger partial charge in [0.25, 0.3) is 0 Å². The average Bonchev–Trinajstić information content (AvgIpc) is 2.78. The summed E-state index contributed by atoms with van der Waals surface area (Å²) in [5, 5.41) is 2.82. The molecular formula is C23H31N3O3S2. The van der Waals surface area contributed by atoms with Gasteiger partial charge in [-0.2, -0.15) is 4.31 Å². The maximum absolute atomic E-state index is 12.7. The van der Waals surface area contributed by atoms with E-state index in [9.17, 15) is 13.2 Å². The molecule has 0 radical (unpaired) electrons. The van der Waals surface area contributed by atoms with Crippen molar-refractivity contribution >= 4 is 33.4 Å². The first-order chi connectivity index (χ1) is 14.8. The van der Waals surface area contributed by atoms with Crippen molar-refractivity contribution in [1.29, 1.82) is 0 Å².